The van der Waals surface area contributed by atoms with Crippen LogP contribution in [0.25, 0.3) is 22.6 Å². The van der Waals surface area contributed by atoms with E-state index in [2.05, 4.69) is 35.5 Å². The lowest BCUT2D eigenvalue weighted by Crippen LogP contribution is -2.15. The molecule has 0 aliphatic carbocycles. The van der Waals surface area contributed by atoms with E-state index >= 15 is 0 Å². The number of hydrogen-bond donors (Lipinski definition) is 0. The predicted octanol–water partition coefficient (Wildman–Crippen LogP) is 4.31. The van der Waals surface area contributed by atoms with Crippen molar-refractivity contribution in [2.24, 2.45) is 0 Å². The molecular formula is C21H24N4O. The molecule has 3 heterocycles. The Morgan fingerprint density at radius 3 is 2.73 bits per heavy atom. The van der Waals surface area contributed by atoms with Crippen molar-refractivity contribution >= 4 is 0 Å². The summed E-state index contributed by atoms with van der Waals surface area (Å²) in [6.45, 7) is 5.88. The van der Waals surface area contributed by atoms with Crippen LogP contribution in [0.15, 0.2) is 48.9 Å². The largest absolute Gasteiger partial charge is 0.376 e. The number of imidazole rings is 1. The summed E-state index contributed by atoms with van der Waals surface area (Å²) in [5, 5.41) is 0. The maximum absolute atomic E-state index is 5.84. The van der Waals surface area contributed by atoms with Gasteiger partial charge in [0.2, 0.25) is 0 Å². The molecule has 1 unspecified atom stereocenters. The van der Waals surface area contributed by atoms with E-state index < -0.39 is 0 Å². The third kappa shape index (κ3) is 3.40. The van der Waals surface area contributed by atoms with Gasteiger partial charge in [-0.3, -0.25) is 0 Å². The molecule has 26 heavy (non-hydrogen) atoms. The summed E-state index contributed by atoms with van der Waals surface area (Å²) < 4.78 is 8.03. The zero-order chi connectivity index (χ0) is 17.9. The molecule has 2 aromatic heterocycles. The van der Waals surface area contributed by atoms with Gasteiger partial charge in [-0.1, -0.05) is 44.2 Å². The van der Waals surface area contributed by atoms with Crippen LogP contribution in [-0.4, -0.2) is 32.2 Å². The van der Waals surface area contributed by atoms with Crippen molar-refractivity contribution in [3.8, 4) is 22.6 Å². The van der Waals surface area contributed by atoms with Crippen molar-refractivity contribution in [3.05, 3.63) is 54.7 Å². The molecule has 1 atom stereocenters. The molecule has 0 N–H and O–H groups in total. The van der Waals surface area contributed by atoms with Gasteiger partial charge in [0.15, 0.2) is 0 Å². The van der Waals surface area contributed by atoms with E-state index in [0.29, 0.717) is 0 Å². The van der Waals surface area contributed by atoms with E-state index in [4.69, 9.17) is 14.7 Å². The Kier molecular flexibility index (Phi) is 4.80. The molecule has 5 nitrogen and oxygen atoms in total. The van der Waals surface area contributed by atoms with Crippen LogP contribution >= 0.6 is 0 Å². The van der Waals surface area contributed by atoms with Crippen LogP contribution in [0.4, 0.5) is 0 Å². The van der Waals surface area contributed by atoms with Gasteiger partial charge in [0, 0.05) is 24.3 Å². The van der Waals surface area contributed by atoms with Crippen LogP contribution < -0.4 is 0 Å². The minimum atomic E-state index is 0.248. The Morgan fingerprint density at radius 1 is 1.15 bits per heavy atom. The highest BCUT2D eigenvalue weighted by molar-refractivity contribution is 5.76. The molecule has 1 aliphatic heterocycles. The first-order chi connectivity index (χ1) is 12.7. The van der Waals surface area contributed by atoms with Gasteiger partial charge >= 0.3 is 0 Å². The lowest BCUT2D eigenvalue weighted by molar-refractivity contribution is 0.0973. The number of aromatic nitrogens is 4. The molecule has 1 fully saturated rings. The average Bonchev–Trinajstić information content (AvgIpc) is 3.33. The molecule has 0 bridgehead atoms. The Hall–Kier alpha value is -2.53. The van der Waals surface area contributed by atoms with Gasteiger partial charge in [-0.15, -0.1) is 0 Å². The number of nitrogens with zero attached hydrogens (tertiary/aromatic N) is 4. The summed E-state index contributed by atoms with van der Waals surface area (Å²) in [6.07, 6.45) is 6.23. The molecule has 0 saturated carbocycles. The molecule has 5 heteroatoms. The highest BCUT2D eigenvalue weighted by atomic mass is 16.5. The molecule has 0 radical (unpaired) electrons. The van der Waals surface area contributed by atoms with Crippen molar-refractivity contribution in [3.63, 3.8) is 0 Å². The maximum atomic E-state index is 5.84. The topological polar surface area (TPSA) is 52.8 Å². The van der Waals surface area contributed by atoms with Crippen LogP contribution in [0, 0.1) is 0 Å². The zero-order valence-corrected chi connectivity index (χ0v) is 15.3. The molecule has 1 aliphatic rings. The van der Waals surface area contributed by atoms with E-state index in [0.717, 1.165) is 54.5 Å². The quantitative estimate of drug-likeness (QED) is 0.689. The summed E-state index contributed by atoms with van der Waals surface area (Å²) in [7, 11) is 0. The predicted molar refractivity (Wildman–Crippen MR) is 102 cm³/mol. The lowest BCUT2D eigenvalue weighted by Gasteiger charge is -2.15. The van der Waals surface area contributed by atoms with E-state index in [1.165, 1.54) is 0 Å². The minimum absolute atomic E-state index is 0.248. The molecule has 134 valence electrons. The zero-order valence-electron chi connectivity index (χ0n) is 15.3. The second-order valence-corrected chi connectivity index (χ2v) is 7.05. The molecule has 0 amide bonds. The standard InChI is InChI=1S/C21H24N4O/c1-15(2)21-22-11-10-18(24-21)20-19(16-7-4-3-5-8-16)23-14-25(20)13-17-9-6-12-26-17/h3-5,7-8,10-11,14-15,17H,6,9,12-13H2,1-2H3. The molecule has 3 aromatic rings. The number of ether oxygens (including phenoxy) is 1. The van der Waals surface area contributed by atoms with Gasteiger partial charge in [0.25, 0.3) is 0 Å². The van der Waals surface area contributed by atoms with Gasteiger partial charge in [-0.25, -0.2) is 15.0 Å². The molecule has 0 spiro atoms. The normalized spacial score (nSPS) is 17.1. The maximum Gasteiger partial charge on any atom is 0.131 e. The van der Waals surface area contributed by atoms with E-state index in [1.54, 1.807) is 0 Å². The number of rotatable bonds is 5. The van der Waals surface area contributed by atoms with Crippen LogP contribution in [-0.2, 0) is 11.3 Å². The Balaban J connectivity index is 1.81. The van der Waals surface area contributed by atoms with Crippen LogP contribution in [0.3, 0.4) is 0 Å². The van der Waals surface area contributed by atoms with Crippen LogP contribution in [0.5, 0.6) is 0 Å². The fraction of sp³-hybridized carbons (Fsp3) is 0.381. The second-order valence-electron chi connectivity index (χ2n) is 7.05. The van der Waals surface area contributed by atoms with Crippen molar-refractivity contribution in [2.75, 3.05) is 6.61 Å². The molecule has 1 saturated heterocycles. The average molecular weight is 348 g/mol. The highest BCUT2D eigenvalue weighted by Crippen LogP contribution is 2.31. The SMILES string of the molecule is CC(C)c1nccc(-c2c(-c3ccccc3)ncn2CC2CCCO2)n1. The smallest absolute Gasteiger partial charge is 0.131 e. The fourth-order valence-corrected chi connectivity index (χ4v) is 3.39. The van der Waals surface area contributed by atoms with Crippen LogP contribution in [0.2, 0.25) is 0 Å². The highest BCUT2D eigenvalue weighted by Gasteiger charge is 2.22. The summed E-state index contributed by atoms with van der Waals surface area (Å²) in [5.41, 5.74) is 4.00. The Labute approximate surface area is 154 Å². The number of benzene rings is 1. The van der Waals surface area contributed by atoms with Crippen molar-refractivity contribution < 1.29 is 4.74 Å². The van der Waals surface area contributed by atoms with Crippen molar-refractivity contribution in [2.45, 2.75) is 45.3 Å². The lowest BCUT2D eigenvalue weighted by atomic mass is 10.1. The van der Waals surface area contributed by atoms with E-state index in [-0.39, 0.29) is 12.0 Å². The Morgan fingerprint density at radius 2 is 2.00 bits per heavy atom. The van der Waals surface area contributed by atoms with E-state index in [1.807, 2.05) is 36.8 Å². The van der Waals surface area contributed by atoms with Crippen molar-refractivity contribution in [1.82, 2.24) is 19.5 Å². The third-order valence-corrected chi connectivity index (χ3v) is 4.74. The van der Waals surface area contributed by atoms with Gasteiger partial charge in [-0.2, -0.15) is 0 Å². The summed E-state index contributed by atoms with van der Waals surface area (Å²) in [4.78, 5) is 14.0. The molecule has 1 aromatic carbocycles. The fourth-order valence-electron chi connectivity index (χ4n) is 3.39. The summed E-state index contributed by atoms with van der Waals surface area (Å²) in [5.74, 6) is 1.14. The monoisotopic (exact) mass is 348 g/mol. The van der Waals surface area contributed by atoms with E-state index in [9.17, 15) is 0 Å². The van der Waals surface area contributed by atoms with Gasteiger partial charge in [0.1, 0.15) is 5.82 Å². The minimum Gasteiger partial charge on any atom is -0.376 e. The molecule has 4 rings (SSSR count). The van der Waals surface area contributed by atoms with Crippen molar-refractivity contribution in [1.29, 1.82) is 0 Å². The first-order valence-corrected chi connectivity index (χ1v) is 9.28. The van der Waals surface area contributed by atoms with Gasteiger partial charge in [-0.05, 0) is 18.9 Å². The van der Waals surface area contributed by atoms with Gasteiger partial charge in [0.05, 0.1) is 36.1 Å². The summed E-state index contributed by atoms with van der Waals surface area (Å²) >= 11 is 0. The third-order valence-electron chi connectivity index (χ3n) is 4.74. The summed E-state index contributed by atoms with van der Waals surface area (Å²) in [6, 6.07) is 12.3. The second kappa shape index (κ2) is 7.38. The van der Waals surface area contributed by atoms with Crippen LogP contribution in [0.1, 0.15) is 38.4 Å². The Bertz CT molecular complexity index is 867. The first kappa shape index (κ1) is 16.9. The first-order valence-electron chi connectivity index (χ1n) is 9.28. The molecular weight excluding hydrogens is 324 g/mol. The number of hydrogen-bond acceptors (Lipinski definition) is 4. The van der Waals surface area contributed by atoms with Gasteiger partial charge < -0.3 is 9.30 Å².